The summed E-state index contributed by atoms with van der Waals surface area (Å²) < 4.78 is 39.1. The predicted octanol–water partition coefficient (Wildman–Crippen LogP) is 1.37. The third-order valence-corrected chi connectivity index (χ3v) is 3.25. The SMILES string of the molecule is O=C(NCc1nnc2ccccn12)c1ccc(C(F)(F)F)[nH]c1=O. The maximum Gasteiger partial charge on any atom is 0.431 e. The maximum absolute atomic E-state index is 12.5. The summed E-state index contributed by atoms with van der Waals surface area (Å²) in [7, 11) is 0. The number of carbonyl (C=O) groups excluding carboxylic acids is 1. The van der Waals surface area contributed by atoms with Gasteiger partial charge in [-0.05, 0) is 24.3 Å². The molecule has 0 spiro atoms. The number of aromatic amines is 1. The van der Waals surface area contributed by atoms with Crippen LogP contribution in [-0.2, 0) is 12.7 Å². The van der Waals surface area contributed by atoms with Gasteiger partial charge in [-0.1, -0.05) is 6.07 Å². The molecule has 0 aliphatic heterocycles. The minimum Gasteiger partial charge on any atom is -0.345 e. The number of amides is 1. The van der Waals surface area contributed by atoms with Crippen molar-refractivity contribution in [1.29, 1.82) is 0 Å². The van der Waals surface area contributed by atoms with Gasteiger partial charge < -0.3 is 10.3 Å². The van der Waals surface area contributed by atoms with Crippen LogP contribution in [0.1, 0.15) is 21.9 Å². The van der Waals surface area contributed by atoms with E-state index in [-0.39, 0.29) is 6.54 Å². The molecule has 3 heterocycles. The zero-order chi connectivity index (χ0) is 17.3. The van der Waals surface area contributed by atoms with Crippen LogP contribution in [0.3, 0.4) is 0 Å². The Morgan fingerprint density at radius 2 is 2.00 bits per heavy atom. The molecule has 0 fully saturated rings. The fourth-order valence-corrected chi connectivity index (χ4v) is 2.08. The van der Waals surface area contributed by atoms with Crippen molar-refractivity contribution in [2.45, 2.75) is 12.7 Å². The first kappa shape index (κ1) is 15.7. The molecule has 24 heavy (non-hydrogen) atoms. The fourth-order valence-electron chi connectivity index (χ4n) is 2.08. The van der Waals surface area contributed by atoms with E-state index in [1.807, 2.05) is 0 Å². The molecule has 0 aliphatic rings. The van der Waals surface area contributed by atoms with Crippen molar-refractivity contribution < 1.29 is 18.0 Å². The molecule has 10 heteroatoms. The molecule has 0 radical (unpaired) electrons. The number of rotatable bonds is 3. The van der Waals surface area contributed by atoms with Gasteiger partial charge in [-0.3, -0.25) is 14.0 Å². The summed E-state index contributed by atoms with van der Waals surface area (Å²) in [6.45, 7) is -0.0372. The molecule has 3 aromatic heterocycles. The minimum absolute atomic E-state index is 0.0372. The molecule has 0 unspecified atom stereocenters. The van der Waals surface area contributed by atoms with Gasteiger partial charge in [0.2, 0.25) is 0 Å². The summed E-state index contributed by atoms with van der Waals surface area (Å²) in [6.07, 6.45) is -2.99. The second kappa shape index (κ2) is 5.80. The molecular formula is C14H10F3N5O2. The molecule has 0 bridgehead atoms. The summed E-state index contributed by atoms with van der Waals surface area (Å²) in [4.78, 5) is 25.3. The van der Waals surface area contributed by atoms with E-state index in [9.17, 15) is 22.8 Å². The van der Waals surface area contributed by atoms with Crippen LogP contribution in [0.2, 0.25) is 0 Å². The number of carbonyl (C=O) groups is 1. The molecule has 0 aromatic carbocycles. The molecule has 0 saturated carbocycles. The summed E-state index contributed by atoms with van der Waals surface area (Å²) in [6, 6.07) is 6.72. The van der Waals surface area contributed by atoms with Gasteiger partial charge in [-0.25, -0.2) is 0 Å². The van der Waals surface area contributed by atoms with Crippen molar-refractivity contribution in [2.75, 3.05) is 0 Å². The van der Waals surface area contributed by atoms with E-state index in [2.05, 4.69) is 15.5 Å². The Morgan fingerprint density at radius 1 is 1.21 bits per heavy atom. The molecule has 3 rings (SSSR count). The number of hydrogen-bond donors (Lipinski definition) is 2. The molecular weight excluding hydrogens is 327 g/mol. The topological polar surface area (TPSA) is 92.2 Å². The Labute approximate surface area is 132 Å². The third kappa shape index (κ3) is 2.98. The summed E-state index contributed by atoms with van der Waals surface area (Å²) >= 11 is 0. The van der Waals surface area contributed by atoms with E-state index < -0.39 is 28.9 Å². The second-order valence-corrected chi connectivity index (χ2v) is 4.84. The lowest BCUT2D eigenvalue weighted by molar-refractivity contribution is -0.141. The normalized spacial score (nSPS) is 11.6. The van der Waals surface area contributed by atoms with Crippen LogP contribution in [0.4, 0.5) is 13.2 Å². The maximum atomic E-state index is 12.5. The van der Waals surface area contributed by atoms with Crippen LogP contribution >= 0.6 is 0 Å². The lowest BCUT2D eigenvalue weighted by Crippen LogP contribution is -2.31. The molecule has 2 N–H and O–H groups in total. The molecule has 3 aromatic rings. The Morgan fingerprint density at radius 3 is 2.71 bits per heavy atom. The average molecular weight is 337 g/mol. The molecule has 124 valence electrons. The quantitative estimate of drug-likeness (QED) is 0.755. The van der Waals surface area contributed by atoms with Crippen molar-refractivity contribution in [2.24, 2.45) is 0 Å². The number of hydrogen-bond acceptors (Lipinski definition) is 4. The van der Waals surface area contributed by atoms with Gasteiger partial charge in [0.25, 0.3) is 11.5 Å². The summed E-state index contributed by atoms with van der Waals surface area (Å²) in [5.74, 6) is -0.389. The van der Waals surface area contributed by atoms with Crippen LogP contribution in [0.5, 0.6) is 0 Å². The standard InChI is InChI=1S/C14H10F3N5O2/c15-14(16,17)9-5-4-8(13(24)19-9)12(23)18-7-11-21-20-10-3-1-2-6-22(10)11/h1-6H,7H2,(H,18,23)(H,19,24). The van der Waals surface area contributed by atoms with E-state index in [0.29, 0.717) is 17.5 Å². The number of alkyl halides is 3. The van der Waals surface area contributed by atoms with Gasteiger partial charge in [0, 0.05) is 6.20 Å². The van der Waals surface area contributed by atoms with E-state index >= 15 is 0 Å². The van der Waals surface area contributed by atoms with E-state index in [4.69, 9.17) is 0 Å². The van der Waals surface area contributed by atoms with Crippen LogP contribution in [0.25, 0.3) is 5.65 Å². The van der Waals surface area contributed by atoms with Crippen molar-refractivity contribution in [1.82, 2.24) is 24.9 Å². The minimum atomic E-state index is -4.69. The van der Waals surface area contributed by atoms with Crippen molar-refractivity contribution >= 4 is 11.6 Å². The van der Waals surface area contributed by atoms with Gasteiger partial charge in [-0.2, -0.15) is 13.2 Å². The van der Waals surface area contributed by atoms with Crippen molar-refractivity contribution in [3.8, 4) is 0 Å². The van der Waals surface area contributed by atoms with E-state index in [1.54, 1.807) is 33.8 Å². The predicted molar refractivity (Wildman–Crippen MR) is 76.2 cm³/mol. The van der Waals surface area contributed by atoms with Crippen molar-refractivity contribution in [3.05, 3.63) is 64.0 Å². The van der Waals surface area contributed by atoms with Gasteiger partial charge in [0.15, 0.2) is 11.5 Å². The Hall–Kier alpha value is -3.17. The zero-order valence-corrected chi connectivity index (χ0v) is 12.0. The second-order valence-electron chi connectivity index (χ2n) is 4.84. The van der Waals surface area contributed by atoms with Gasteiger partial charge in [0.1, 0.15) is 11.3 Å². The average Bonchev–Trinajstić information content (AvgIpc) is 2.95. The van der Waals surface area contributed by atoms with Crippen LogP contribution in [-0.4, -0.2) is 25.5 Å². The Balaban J connectivity index is 1.77. The van der Waals surface area contributed by atoms with E-state index in [1.165, 1.54) is 0 Å². The first-order valence-corrected chi connectivity index (χ1v) is 6.73. The van der Waals surface area contributed by atoms with Crippen LogP contribution in [0, 0.1) is 0 Å². The number of nitrogens with zero attached hydrogens (tertiary/aromatic N) is 3. The van der Waals surface area contributed by atoms with Crippen molar-refractivity contribution in [3.63, 3.8) is 0 Å². The first-order valence-electron chi connectivity index (χ1n) is 6.73. The first-order chi connectivity index (χ1) is 11.4. The molecule has 0 aliphatic carbocycles. The molecule has 7 nitrogen and oxygen atoms in total. The number of pyridine rings is 2. The highest BCUT2D eigenvalue weighted by Crippen LogP contribution is 2.26. The highest BCUT2D eigenvalue weighted by Gasteiger charge is 2.32. The van der Waals surface area contributed by atoms with Gasteiger partial charge >= 0.3 is 6.18 Å². The molecule has 0 atom stereocenters. The smallest absolute Gasteiger partial charge is 0.345 e. The lowest BCUT2D eigenvalue weighted by Gasteiger charge is -2.07. The molecule has 0 saturated heterocycles. The monoisotopic (exact) mass is 337 g/mol. The van der Waals surface area contributed by atoms with Crippen LogP contribution < -0.4 is 10.9 Å². The van der Waals surface area contributed by atoms with Crippen LogP contribution in [0.15, 0.2) is 41.3 Å². The number of aromatic nitrogens is 4. The van der Waals surface area contributed by atoms with Gasteiger partial charge in [0.05, 0.1) is 6.54 Å². The highest BCUT2D eigenvalue weighted by atomic mass is 19.4. The number of nitrogens with one attached hydrogen (secondary N) is 2. The summed E-state index contributed by atoms with van der Waals surface area (Å²) in [5, 5.41) is 10.2. The number of halogens is 3. The van der Waals surface area contributed by atoms with E-state index in [0.717, 1.165) is 6.07 Å². The Kier molecular flexibility index (Phi) is 3.80. The fraction of sp³-hybridized carbons (Fsp3) is 0.143. The van der Waals surface area contributed by atoms with Gasteiger partial charge in [-0.15, -0.1) is 10.2 Å². The summed E-state index contributed by atoms with van der Waals surface area (Å²) in [5.41, 5.74) is -2.17. The largest absolute Gasteiger partial charge is 0.431 e. The lowest BCUT2D eigenvalue weighted by atomic mass is 10.2. The number of fused-ring (bicyclic) bond motifs is 1. The molecule has 1 amide bonds. The Bertz CT molecular complexity index is 961. The number of H-pyrrole nitrogens is 1. The highest BCUT2D eigenvalue weighted by molar-refractivity contribution is 5.93. The zero-order valence-electron chi connectivity index (χ0n) is 12.0. The third-order valence-electron chi connectivity index (χ3n) is 3.25.